The standard InChI is InChI=1S/C19H19F3N2O2/c1-26-18(10-13-4-2-3-5-14(13)11-18)12-23-17(25)24-16-8-6-15(7-9-16)19(20,21)22/h2-9H,10-12H2,1H3,(H2,23,24,25). The molecule has 0 fully saturated rings. The third kappa shape index (κ3) is 3.99. The van der Waals surface area contributed by atoms with Crippen LogP contribution in [0.4, 0.5) is 23.7 Å². The normalized spacial score (nSPS) is 15.4. The number of anilines is 1. The van der Waals surface area contributed by atoms with Crippen LogP contribution >= 0.6 is 0 Å². The van der Waals surface area contributed by atoms with Gasteiger partial charge in [0.25, 0.3) is 0 Å². The second-order valence-corrected chi connectivity index (χ2v) is 6.39. The quantitative estimate of drug-likeness (QED) is 0.861. The summed E-state index contributed by atoms with van der Waals surface area (Å²) in [5.41, 5.74) is 1.40. The minimum absolute atomic E-state index is 0.289. The van der Waals surface area contributed by atoms with Gasteiger partial charge in [0.1, 0.15) is 0 Å². The lowest BCUT2D eigenvalue weighted by atomic mass is 10.0. The van der Waals surface area contributed by atoms with Gasteiger partial charge in [-0.25, -0.2) is 4.79 Å². The van der Waals surface area contributed by atoms with E-state index in [0.29, 0.717) is 19.4 Å². The lowest BCUT2D eigenvalue weighted by Gasteiger charge is -2.27. The van der Waals surface area contributed by atoms with E-state index in [0.717, 1.165) is 12.1 Å². The van der Waals surface area contributed by atoms with E-state index in [1.807, 2.05) is 24.3 Å². The van der Waals surface area contributed by atoms with E-state index in [1.165, 1.54) is 23.3 Å². The van der Waals surface area contributed by atoms with Gasteiger partial charge in [0.2, 0.25) is 0 Å². The van der Waals surface area contributed by atoms with Gasteiger partial charge in [0.05, 0.1) is 11.2 Å². The topological polar surface area (TPSA) is 50.4 Å². The molecule has 0 aliphatic heterocycles. The number of halogens is 3. The summed E-state index contributed by atoms with van der Waals surface area (Å²) in [6.45, 7) is 0.296. The van der Waals surface area contributed by atoms with Crippen LogP contribution in [0, 0.1) is 0 Å². The van der Waals surface area contributed by atoms with E-state index in [9.17, 15) is 18.0 Å². The number of hydrogen-bond donors (Lipinski definition) is 2. The molecule has 138 valence electrons. The lowest BCUT2D eigenvalue weighted by molar-refractivity contribution is -0.137. The van der Waals surface area contributed by atoms with Crippen LogP contribution < -0.4 is 10.6 Å². The number of fused-ring (bicyclic) bond motifs is 1. The maximum absolute atomic E-state index is 12.6. The van der Waals surface area contributed by atoms with Crippen molar-refractivity contribution in [1.82, 2.24) is 5.32 Å². The minimum atomic E-state index is -4.40. The van der Waals surface area contributed by atoms with Gasteiger partial charge < -0.3 is 15.4 Å². The fraction of sp³-hybridized carbons (Fsp3) is 0.316. The highest BCUT2D eigenvalue weighted by molar-refractivity contribution is 5.89. The molecule has 0 saturated heterocycles. The molecule has 0 radical (unpaired) electrons. The van der Waals surface area contributed by atoms with Gasteiger partial charge in [-0.1, -0.05) is 24.3 Å². The van der Waals surface area contributed by atoms with E-state index >= 15 is 0 Å². The summed E-state index contributed by atoms with van der Waals surface area (Å²) < 4.78 is 43.3. The van der Waals surface area contributed by atoms with Gasteiger partial charge in [-0.05, 0) is 35.4 Å². The van der Waals surface area contributed by atoms with Crippen LogP contribution in [0.15, 0.2) is 48.5 Å². The van der Waals surface area contributed by atoms with Crippen LogP contribution in [0.5, 0.6) is 0 Å². The molecule has 2 aromatic rings. The smallest absolute Gasteiger partial charge is 0.376 e. The van der Waals surface area contributed by atoms with Crippen molar-refractivity contribution in [2.75, 3.05) is 19.0 Å². The molecule has 4 nitrogen and oxygen atoms in total. The van der Waals surface area contributed by atoms with Crippen molar-refractivity contribution < 1.29 is 22.7 Å². The van der Waals surface area contributed by atoms with Crippen LogP contribution in [0.1, 0.15) is 16.7 Å². The number of hydrogen-bond acceptors (Lipinski definition) is 2. The van der Waals surface area contributed by atoms with Crippen LogP contribution in [0.2, 0.25) is 0 Å². The van der Waals surface area contributed by atoms with E-state index in [1.54, 1.807) is 7.11 Å². The summed E-state index contributed by atoms with van der Waals surface area (Å²) in [7, 11) is 1.61. The van der Waals surface area contributed by atoms with Gasteiger partial charge in [-0.15, -0.1) is 0 Å². The van der Waals surface area contributed by atoms with Gasteiger partial charge in [-0.2, -0.15) is 13.2 Å². The van der Waals surface area contributed by atoms with Gasteiger partial charge >= 0.3 is 12.2 Å². The van der Waals surface area contributed by atoms with Crippen molar-refractivity contribution in [2.45, 2.75) is 24.6 Å². The minimum Gasteiger partial charge on any atom is -0.376 e. The molecule has 7 heteroatoms. The zero-order chi connectivity index (χ0) is 18.8. The third-order valence-corrected chi connectivity index (χ3v) is 4.62. The van der Waals surface area contributed by atoms with Crippen molar-refractivity contribution in [1.29, 1.82) is 0 Å². The number of rotatable bonds is 4. The Morgan fingerprint density at radius 3 is 2.15 bits per heavy atom. The first-order valence-electron chi connectivity index (χ1n) is 8.15. The Balaban J connectivity index is 1.57. The predicted octanol–water partition coefficient (Wildman–Crippen LogP) is 4.01. The van der Waals surface area contributed by atoms with Crippen molar-refractivity contribution >= 4 is 11.7 Å². The van der Waals surface area contributed by atoms with Gasteiger partial charge in [0.15, 0.2) is 0 Å². The Hall–Kier alpha value is -2.54. The van der Waals surface area contributed by atoms with E-state index in [-0.39, 0.29) is 5.69 Å². The monoisotopic (exact) mass is 364 g/mol. The fourth-order valence-electron chi connectivity index (χ4n) is 3.16. The average molecular weight is 364 g/mol. The Morgan fingerprint density at radius 2 is 1.65 bits per heavy atom. The maximum Gasteiger partial charge on any atom is 0.416 e. The Bertz CT molecular complexity index is 763. The summed E-state index contributed by atoms with van der Waals surface area (Å²) in [4.78, 5) is 12.1. The Labute approximate surface area is 149 Å². The molecule has 0 aromatic heterocycles. The number of methoxy groups -OCH3 is 1. The number of alkyl halides is 3. The van der Waals surface area contributed by atoms with E-state index in [2.05, 4.69) is 10.6 Å². The van der Waals surface area contributed by atoms with Crippen molar-refractivity contribution in [3.8, 4) is 0 Å². The van der Waals surface area contributed by atoms with Crippen LogP contribution in [0.25, 0.3) is 0 Å². The zero-order valence-electron chi connectivity index (χ0n) is 14.2. The molecule has 26 heavy (non-hydrogen) atoms. The largest absolute Gasteiger partial charge is 0.416 e. The molecule has 1 aliphatic rings. The summed E-state index contributed by atoms with van der Waals surface area (Å²) in [6.07, 6.45) is -3.01. The molecule has 3 rings (SSSR count). The second kappa shape index (κ2) is 6.99. The van der Waals surface area contributed by atoms with Crippen LogP contribution in [-0.2, 0) is 23.8 Å². The number of amides is 2. The highest BCUT2D eigenvalue weighted by Gasteiger charge is 2.37. The van der Waals surface area contributed by atoms with Crippen molar-refractivity contribution in [2.24, 2.45) is 0 Å². The highest BCUT2D eigenvalue weighted by Crippen LogP contribution is 2.32. The molecule has 0 unspecified atom stereocenters. The number of carbonyl (C=O) groups excluding carboxylic acids is 1. The molecule has 2 N–H and O–H groups in total. The van der Waals surface area contributed by atoms with Gasteiger partial charge in [-0.3, -0.25) is 0 Å². The predicted molar refractivity (Wildman–Crippen MR) is 92.1 cm³/mol. The third-order valence-electron chi connectivity index (χ3n) is 4.62. The number of carbonyl (C=O) groups is 1. The SMILES string of the molecule is COC1(CNC(=O)Nc2ccc(C(F)(F)F)cc2)Cc2ccccc2C1. The molecule has 1 aliphatic carbocycles. The molecular formula is C19H19F3N2O2. The molecular weight excluding hydrogens is 345 g/mol. The van der Waals surface area contributed by atoms with E-state index < -0.39 is 23.4 Å². The number of nitrogens with one attached hydrogen (secondary N) is 2. The number of urea groups is 1. The Kier molecular flexibility index (Phi) is 4.91. The number of benzene rings is 2. The molecule has 0 atom stereocenters. The van der Waals surface area contributed by atoms with Crippen LogP contribution in [0.3, 0.4) is 0 Å². The first-order chi connectivity index (χ1) is 12.3. The molecule has 0 heterocycles. The molecule has 2 amide bonds. The number of ether oxygens (including phenoxy) is 1. The van der Waals surface area contributed by atoms with Crippen molar-refractivity contribution in [3.63, 3.8) is 0 Å². The molecule has 0 bridgehead atoms. The lowest BCUT2D eigenvalue weighted by Crippen LogP contribution is -2.46. The second-order valence-electron chi connectivity index (χ2n) is 6.39. The first-order valence-corrected chi connectivity index (χ1v) is 8.15. The average Bonchev–Trinajstić information content (AvgIpc) is 2.99. The Morgan fingerprint density at radius 1 is 1.08 bits per heavy atom. The van der Waals surface area contributed by atoms with Crippen LogP contribution in [-0.4, -0.2) is 25.3 Å². The zero-order valence-corrected chi connectivity index (χ0v) is 14.2. The summed E-state index contributed by atoms with van der Waals surface area (Å²) in [6, 6.07) is 11.8. The summed E-state index contributed by atoms with van der Waals surface area (Å²) in [5.74, 6) is 0. The van der Waals surface area contributed by atoms with Crippen molar-refractivity contribution in [3.05, 3.63) is 65.2 Å². The fourth-order valence-corrected chi connectivity index (χ4v) is 3.16. The first kappa shape index (κ1) is 18.3. The summed E-state index contributed by atoms with van der Waals surface area (Å²) in [5, 5.41) is 5.28. The molecule has 2 aromatic carbocycles. The molecule has 0 spiro atoms. The maximum atomic E-state index is 12.6. The highest BCUT2D eigenvalue weighted by atomic mass is 19.4. The van der Waals surface area contributed by atoms with Gasteiger partial charge in [0, 0.05) is 32.2 Å². The summed E-state index contributed by atoms with van der Waals surface area (Å²) >= 11 is 0. The van der Waals surface area contributed by atoms with E-state index in [4.69, 9.17) is 4.74 Å². The molecule has 0 saturated carbocycles.